The Hall–Kier alpha value is -1.06. The highest BCUT2D eigenvalue weighted by molar-refractivity contribution is 5.45. The number of ether oxygens (including phenoxy) is 1. The Morgan fingerprint density at radius 3 is 2.77 bits per heavy atom. The first-order chi connectivity index (χ1) is 10.3. The molecule has 22 heavy (non-hydrogen) atoms. The lowest BCUT2D eigenvalue weighted by atomic mass is 9.51. The van der Waals surface area contributed by atoms with Gasteiger partial charge in [-0.15, -0.1) is 0 Å². The van der Waals surface area contributed by atoms with Crippen molar-refractivity contribution in [3.8, 4) is 5.75 Å². The van der Waals surface area contributed by atoms with E-state index in [0.717, 1.165) is 25.9 Å². The van der Waals surface area contributed by atoms with Gasteiger partial charge >= 0.3 is 0 Å². The van der Waals surface area contributed by atoms with E-state index in [4.69, 9.17) is 4.74 Å². The van der Waals surface area contributed by atoms with Crippen LogP contribution in [-0.4, -0.2) is 42.4 Å². The molecule has 0 unspecified atom stereocenters. The van der Waals surface area contributed by atoms with Crippen molar-refractivity contribution >= 4 is 0 Å². The van der Waals surface area contributed by atoms with Crippen molar-refractivity contribution in [3.63, 3.8) is 0 Å². The van der Waals surface area contributed by atoms with Gasteiger partial charge in [-0.1, -0.05) is 26.8 Å². The van der Waals surface area contributed by atoms with Crippen LogP contribution in [0.3, 0.4) is 0 Å². The first-order valence-corrected chi connectivity index (χ1v) is 8.39. The standard InChI is InChI=1S/C19H29NO2/c1-13(22-5)12-20-9-8-19(4)16-11-15(21)7-6-14(16)10-17(20)18(19,2)3/h6-7,11,13,17,21H,8-10,12H2,1-5H3/t13-,17+,19-/m0/s1. The number of nitrogens with zero attached hydrogens (tertiary/aromatic N) is 1. The molecule has 1 aromatic rings. The van der Waals surface area contributed by atoms with Crippen LogP contribution in [0.15, 0.2) is 18.2 Å². The molecule has 1 aromatic carbocycles. The lowest BCUT2D eigenvalue weighted by Gasteiger charge is -2.61. The molecule has 1 fully saturated rings. The molecule has 3 nitrogen and oxygen atoms in total. The van der Waals surface area contributed by atoms with Crippen LogP contribution in [0.1, 0.15) is 45.2 Å². The second kappa shape index (κ2) is 5.24. The van der Waals surface area contributed by atoms with Crippen LogP contribution in [-0.2, 0) is 16.6 Å². The summed E-state index contributed by atoms with van der Waals surface area (Å²) in [6, 6.07) is 6.48. The van der Waals surface area contributed by atoms with E-state index in [2.05, 4.69) is 38.7 Å². The van der Waals surface area contributed by atoms with Crippen LogP contribution in [0, 0.1) is 5.41 Å². The van der Waals surface area contributed by atoms with Gasteiger partial charge in [-0.05, 0) is 55.0 Å². The van der Waals surface area contributed by atoms with E-state index in [0.29, 0.717) is 11.8 Å². The van der Waals surface area contributed by atoms with Gasteiger partial charge in [0, 0.05) is 25.1 Å². The summed E-state index contributed by atoms with van der Waals surface area (Å²) >= 11 is 0. The summed E-state index contributed by atoms with van der Waals surface area (Å²) in [6.45, 7) is 11.4. The number of rotatable bonds is 3. The third-order valence-electron chi connectivity index (χ3n) is 6.59. The summed E-state index contributed by atoms with van der Waals surface area (Å²) in [7, 11) is 1.79. The van der Waals surface area contributed by atoms with E-state index < -0.39 is 0 Å². The van der Waals surface area contributed by atoms with Gasteiger partial charge in [0.25, 0.3) is 0 Å². The highest BCUT2D eigenvalue weighted by atomic mass is 16.5. The van der Waals surface area contributed by atoms with Crippen LogP contribution in [0.4, 0.5) is 0 Å². The number of benzene rings is 1. The van der Waals surface area contributed by atoms with Gasteiger partial charge in [0.1, 0.15) is 5.75 Å². The highest BCUT2D eigenvalue weighted by Crippen LogP contribution is 2.56. The number of aromatic hydroxyl groups is 1. The predicted molar refractivity (Wildman–Crippen MR) is 89.4 cm³/mol. The molecular weight excluding hydrogens is 274 g/mol. The fraction of sp³-hybridized carbons (Fsp3) is 0.684. The van der Waals surface area contributed by atoms with Gasteiger partial charge in [0.05, 0.1) is 6.10 Å². The number of methoxy groups -OCH3 is 1. The average Bonchev–Trinajstić information content (AvgIpc) is 2.46. The van der Waals surface area contributed by atoms with Gasteiger partial charge in [-0.3, -0.25) is 4.90 Å². The maximum atomic E-state index is 9.95. The summed E-state index contributed by atoms with van der Waals surface area (Å²) < 4.78 is 5.49. The van der Waals surface area contributed by atoms with Crippen LogP contribution in [0.25, 0.3) is 0 Å². The van der Waals surface area contributed by atoms with E-state index in [1.807, 2.05) is 12.1 Å². The molecule has 3 atom stereocenters. The number of likely N-dealkylation sites (tertiary alicyclic amines) is 1. The lowest BCUT2D eigenvalue weighted by Crippen LogP contribution is -2.64. The molecule has 122 valence electrons. The van der Waals surface area contributed by atoms with Crippen molar-refractivity contribution in [3.05, 3.63) is 29.3 Å². The third kappa shape index (κ3) is 2.17. The third-order valence-corrected chi connectivity index (χ3v) is 6.59. The van der Waals surface area contributed by atoms with Crippen molar-refractivity contribution in [2.75, 3.05) is 20.2 Å². The molecule has 1 saturated heterocycles. The molecule has 1 N–H and O–H groups in total. The average molecular weight is 303 g/mol. The maximum absolute atomic E-state index is 9.95. The minimum absolute atomic E-state index is 0.122. The molecule has 3 heteroatoms. The number of hydrogen-bond donors (Lipinski definition) is 1. The fourth-order valence-corrected chi connectivity index (χ4v) is 4.62. The molecule has 3 rings (SSSR count). The quantitative estimate of drug-likeness (QED) is 0.929. The Bertz CT molecular complexity index is 569. The highest BCUT2D eigenvalue weighted by Gasteiger charge is 2.55. The zero-order chi connectivity index (χ0) is 16.1. The molecule has 1 aliphatic carbocycles. The number of phenolic OH excluding ortho intramolecular Hbond substituents is 1. The minimum Gasteiger partial charge on any atom is -0.508 e. The smallest absolute Gasteiger partial charge is 0.115 e. The Morgan fingerprint density at radius 2 is 2.09 bits per heavy atom. The summed E-state index contributed by atoms with van der Waals surface area (Å²) in [5.41, 5.74) is 3.06. The molecule has 0 spiro atoms. The summed E-state index contributed by atoms with van der Waals surface area (Å²) in [4.78, 5) is 2.62. The van der Waals surface area contributed by atoms with E-state index in [1.54, 1.807) is 7.11 Å². The molecule has 2 bridgehead atoms. The Balaban J connectivity index is 2.02. The van der Waals surface area contributed by atoms with E-state index in [-0.39, 0.29) is 16.9 Å². The van der Waals surface area contributed by atoms with Crippen molar-refractivity contribution in [1.29, 1.82) is 0 Å². The minimum atomic E-state index is 0.122. The zero-order valence-corrected chi connectivity index (χ0v) is 14.5. The van der Waals surface area contributed by atoms with E-state index in [9.17, 15) is 5.11 Å². The van der Waals surface area contributed by atoms with Crippen molar-refractivity contribution < 1.29 is 9.84 Å². The molecule has 1 aliphatic heterocycles. The van der Waals surface area contributed by atoms with Crippen LogP contribution in [0.2, 0.25) is 0 Å². The molecule has 1 heterocycles. The van der Waals surface area contributed by atoms with Crippen LogP contribution >= 0.6 is 0 Å². The van der Waals surface area contributed by atoms with Crippen molar-refractivity contribution in [1.82, 2.24) is 4.90 Å². The number of hydrogen-bond acceptors (Lipinski definition) is 3. The number of fused-ring (bicyclic) bond motifs is 4. The van der Waals surface area contributed by atoms with Crippen LogP contribution < -0.4 is 0 Å². The van der Waals surface area contributed by atoms with Gasteiger partial charge in [-0.2, -0.15) is 0 Å². The maximum Gasteiger partial charge on any atom is 0.115 e. The zero-order valence-electron chi connectivity index (χ0n) is 14.5. The molecule has 0 saturated carbocycles. The number of piperidine rings is 1. The van der Waals surface area contributed by atoms with Crippen LogP contribution in [0.5, 0.6) is 5.75 Å². The van der Waals surface area contributed by atoms with Gasteiger partial charge in [0.15, 0.2) is 0 Å². The summed E-state index contributed by atoms with van der Waals surface area (Å²) in [5.74, 6) is 0.393. The number of phenols is 1. The largest absolute Gasteiger partial charge is 0.508 e. The van der Waals surface area contributed by atoms with Gasteiger partial charge in [-0.25, -0.2) is 0 Å². The SMILES string of the molecule is CO[C@@H](C)CN1CC[C@@]2(C)c3cc(O)ccc3C[C@@H]1C2(C)C. The van der Waals surface area contributed by atoms with Crippen molar-refractivity contribution in [2.24, 2.45) is 5.41 Å². The van der Waals surface area contributed by atoms with Gasteiger partial charge < -0.3 is 9.84 Å². The first kappa shape index (κ1) is 15.8. The molecular formula is C19H29NO2. The van der Waals surface area contributed by atoms with Crippen molar-refractivity contribution in [2.45, 2.75) is 58.1 Å². The molecule has 0 amide bonds. The Kier molecular flexibility index (Phi) is 3.77. The monoisotopic (exact) mass is 303 g/mol. The van der Waals surface area contributed by atoms with E-state index in [1.165, 1.54) is 11.1 Å². The first-order valence-electron chi connectivity index (χ1n) is 8.39. The second-order valence-electron chi connectivity index (χ2n) is 7.91. The fourth-order valence-electron chi connectivity index (χ4n) is 4.62. The topological polar surface area (TPSA) is 32.7 Å². The molecule has 0 radical (unpaired) electrons. The normalized spacial score (nSPS) is 31.6. The Morgan fingerprint density at radius 1 is 1.36 bits per heavy atom. The predicted octanol–water partition coefficient (Wildman–Crippen LogP) is 3.34. The molecule has 2 aliphatic rings. The van der Waals surface area contributed by atoms with E-state index >= 15 is 0 Å². The molecule has 0 aromatic heterocycles. The second-order valence-corrected chi connectivity index (χ2v) is 7.91. The lowest BCUT2D eigenvalue weighted by molar-refractivity contribution is -0.0569. The summed E-state index contributed by atoms with van der Waals surface area (Å²) in [5, 5.41) is 9.95. The summed E-state index contributed by atoms with van der Waals surface area (Å²) in [6.07, 6.45) is 2.46. The Labute approximate surface area is 134 Å². The van der Waals surface area contributed by atoms with Gasteiger partial charge in [0.2, 0.25) is 0 Å².